The van der Waals surface area contributed by atoms with Crippen LogP contribution in [0.1, 0.15) is 17.5 Å². The number of hydrogen-bond acceptors (Lipinski definition) is 3. The standard InChI is InChI=1S/C13H15IN2O/c14-13-4-12(7-17-13)16(8-13)11-2-1-9-5-15-6-10(9)3-11/h1-3,12,15H,4-8H2/t12-,13?/m0/s1. The molecule has 3 heterocycles. The first-order valence-electron chi connectivity index (χ1n) is 6.16. The maximum absolute atomic E-state index is 5.82. The van der Waals surface area contributed by atoms with Crippen LogP contribution in [0.2, 0.25) is 0 Å². The highest BCUT2D eigenvalue weighted by Crippen LogP contribution is 2.44. The molecule has 2 fully saturated rings. The minimum atomic E-state index is 0.0691. The van der Waals surface area contributed by atoms with Crippen molar-refractivity contribution in [2.24, 2.45) is 0 Å². The Morgan fingerprint density at radius 3 is 3.00 bits per heavy atom. The fraction of sp³-hybridized carbons (Fsp3) is 0.538. The van der Waals surface area contributed by atoms with Gasteiger partial charge in [-0.15, -0.1) is 0 Å². The zero-order valence-electron chi connectivity index (χ0n) is 9.58. The zero-order valence-corrected chi connectivity index (χ0v) is 11.7. The maximum atomic E-state index is 5.82. The fourth-order valence-corrected chi connectivity index (χ4v) is 4.23. The number of halogens is 1. The van der Waals surface area contributed by atoms with Crippen molar-refractivity contribution in [1.29, 1.82) is 0 Å². The summed E-state index contributed by atoms with van der Waals surface area (Å²) in [6.45, 7) is 3.97. The Morgan fingerprint density at radius 1 is 1.35 bits per heavy atom. The van der Waals surface area contributed by atoms with Crippen molar-refractivity contribution >= 4 is 28.3 Å². The van der Waals surface area contributed by atoms with Gasteiger partial charge in [-0.25, -0.2) is 0 Å². The number of fused-ring (bicyclic) bond motifs is 3. The highest BCUT2D eigenvalue weighted by Gasteiger charge is 2.49. The van der Waals surface area contributed by atoms with E-state index in [0.717, 1.165) is 26.2 Å². The summed E-state index contributed by atoms with van der Waals surface area (Å²) in [6.07, 6.45) is 1.17. The molecule has 1 unspecified atom stereocenters. The summed E-state index contributed by atoms with van der Waals surface area (Å²) in [7, 11) is 0. The average molecular weight is 342 g/mol. The fourth-order valence-electron chi connectivity index (χ4n) is 3.17. The molecule has 4 rings (SSSR count). The quantitative estimate of drug-likeness (QED) is 0.624. The molecule has 0 saturated carbocycles. The lowest BCUT2D eigenvalue weighted by Crippen LogP contribution is -2.39. The van der Waals surface area contributed by atoms with Crippen molar-refractivity contribution in [1.82, 2.24) is 5.32 Å². The van der Waals surface area contributed by atoms with Gasteiger partial charge in [0.2, 0.25) is 0 Å². The summed E-state index contributed by atoms with van der Waals surface area (Å²) in [5, 5.41) is 3.40. The summed E-state index contributed by atoms with van der Waals surface area (Å²) >= 11 is 2.47. The van der Waals surface area contributed by atoms with Gasteiger partial charge in [0.15, 0.2) is 0 Å². The Labute approximate surface area is 115 Å². The van der Waals surface area contributed by atoms with E-state index in [0.29, 0.717) is 6.04 Å². The molecule has 17 heavy (non-hydrogen) atoms. The first-order chi connectivity index (χ1) is 8.23. The molecule has 2 saturated heterocycles. The topological polar surface area (TPSA) is 24.5 Å². The molecule has 4 heteroatoms. The Morgan fingerprint density at radius 2 is 2.24 bits per heavy atom. The predicted molar refractivity (Wildman–Crippen MR) is 75.4 cm³/mol. The molecule has 90 valence electrons. The van der Waals surface area contributed by atoms with Gasteiger partial charge < -0.3 is 15.0 Å². The van der Waals surface area contributed by atoms with E-state index in [1.807, 2.05) is 0 Å². The largest absolute Gasteiger partial charge is 0.362 e. The minimum Gasteiger partial charge on any atom is -0.362 e. The molecule has 1 aromatic rings. The highest BCUT2D eigenvalue weighted by atomic mass is 127. The second-order valence-electron chi connectivity index (χ2n) is 5.24. The van der Waals surface area contributed by atoms with Gasteiger partial charge in [-0.2, -0.15) is 0 Å². The molecule has 3 aliphatic rings. The molecule has 0 aliphatic carbocycles. The number of anilines is 1. The average Bonchev–Trinajstić information content (AvgIpc) is 2.98. The van der Waals surface area contributed by atoms with E-state index in [9.17, 15) is 0 Å². The molecular weight excluding hydrogens is 327 g/mol. The maximum Gasteiger partial charge on any atom is 0.138 e. The summed E-state index contributed by atoms with van der Waals surface area (Å²) in [4.78, 5) is 2.52. The van der Waals surface area contributed by atoms with Crippen molar-refractivity contribution in [2.45, 2.75) is 29.2 Å². The Hall–Kier alpha value is -0.330. The second-order valence-corrected chi connectivity index (χ2v) is 7.20. The van der Waals surface area contributed by atoms with Crippen molar-refractivity contribution in [3.05, 3.63) is 29.3 Å². The zero-order chi connectivity index (χ0) is 11.5. The van der Waals surface area contributed by atoms with E-state index in [-0.39, 0.29) is 3.61 Å². The molecule has 0 spiro atoms. The van der Waals surface area contributed by atoms with Crippen LogP contribution in [0.4, 0.5) is 5.69 Å². The molecule has 0 radical (unpaired) electrons. The van der Waals surface area contributed by atoms with E-state index < -0.39 is 0 Å². The van der Waals surface area contributed by atoms with Crippen molar-refractivity contribution in [3.63, 3.8) is 0 Å². The van der Waals surface area contributed by atoms with E-state index >= 15 is 0 Å². The lowest BCUT2D eigenvalue weighted by Gasteiger charge is -2.31. The lowest BCUT2D eigenvalue weighted by atomic mass is 10.1. The summed E-state index contributed by atoms with van der Waals surface area (Å²) in [5.74, 6) is 0. The number of rotatable bonds is 1. The highest BCUT2D eigenvalue weighted by molar-refractivity contribution is 14.1. The van der Waals surface area contributed by atoms with Gasteiger partial charge in [0.25, 0.3) is 0 Å². The van der Waals surface area contributed by atoms with Crippen LogP contribution in [0.15, 0.2) is 18.2 Å². The lowest BCUT2D eigenvalue weighted by molar-refractivity contribution is 0.0862. The Kier molecular flexibility index (Phi) is 2.23. The first kappa shape index (κ1) is 10.6. The molecule has 2 atom stereocenters. The van der Waals surface area contributed by atoms with Gasteiger partial charge in [-0.05, 0) is 45.9 Å². The number of morpholine rings is 1. The minimum absolute atomic E-state index is 0.0691. The molecule has 3 nitrogen and oxygen atoms in total. The number of benzene rings is 1. The van der Waals surface area contributed by atoms with Crippen molar-refractivity contribution < 1.29 is 4.74 Å². The normalized spacial score (nSPS) is 34.4. The number of hydrogen-bond donors (Lipinski definition) is 1. The van der Waals surface area contributed by atoms with Crippen LogP contribution >= 0.6 is 22.6 Å². The number of nitrogens with one attached hydrogen (secondary N) is 1. The first-order valence-corrected chi connectivity index (χ1v) is 7.23. The smallest absolute Gasteiger partial charge is 0.138 e. The van der Waals surface area contributed by atoms with Crippen LogP contribution < -0.4 is 10.2 Å². The van der Waals surface area contributed by atoms with Crippen LogP contribution in [0.5, 0.6) is 0 Å². The summed E-state index contributed by atoms with van der Waals surface area (Å²) in [5.41, 5.74) is 4.30. The third-order valence-corrected chi connectivity index (χ3v) is 5.17. The number of nitrogens with zero attached hydrogens (tertiary/aromatic N) is 1. The Balaban J connectivity index is 1.68. The van der Waals surface area contributed by atoms with Crippen molar-refractivity contribution in [2.75, 3.05) is 18.1 Å². The van der Waals surface area contributed by atoms with Crippen LogP contribution in [0.25, 0.3) is 0 Å². The van der Waals surface area contributed by atoms with Crippen LogP contribution in [0.3, 0.4) is 0 Å². The second kappa shape index (κ2) is 3.59. The van der Waals surface area contributed by atoms with Crippen molar-refractivity contribution in [3.8, 4) is 0 Å². The summed E-state index contributed by atoms with van der Waals surface area (Å²) < 4.78 is 5.89. The molecule has 0 amide bonds. The molecule has 0 aromatic heterocycles. The number of alkyl halides is 1. The van der Waals surface area contributed by atoms with Crippen LogP contribution in [0, 0.1) is 0 Å². The van der Waals surface area contributed by atoms with Gasteiger partial charge in [-0.3, -0.25) is 0 Å². The molecule has 3 aliphatic heterocycles. The van der Waals surface area contributed by atoms with E-state index in [1.165, 1.54) is 23.2 Å². The van der Waals surface area contributed by atoms with E-state index in [4.69, 9.17) is 4.74 Å². The molecule has 1 aromatic carbocycles. The van der Waals surface area contributed by atoms with Gasteiger partial charge >= 0.3 is 0 Å². The van der Waals surface area contributed by atoms with E-state index in [2.05, 4.69) is 51.0 Å². The third-order valence-electron chi connectivity index (χ3n) is 4.07. The monoisotopic (exact) mass is 342 g/mol. The molecule has 2 bridgehead atoms. The third kappa shape index (κ3) is 1.61. The molecule has 1 N–H and O–H groups in total. The molecular formula is C13H15IN2O. The van der Waals surface area contributed by atoms with E-state index in [1.54, 1.807) is 0 Å². The van der Waals surface area contributed by atoms with Gasteiger partial charge in [-0.1, -0.05) is 6.07 Å². The number of ether oxygens (including phenoxy) is 1. The van der Waals surface area contributed by atoms with Crippen LogP contribution in [-0.4, -0.2) is 22.8 Å². The van der Waals surface area contributed by atoms with Crippen LogP contribution in [-0.2, 0) is 17.8 Å². The predicted octanol–water partition coefficient (Wildman–Crippen LogP) is 2.03. The van der Waals surface area contributed by atoms with Gasteiger partial charge in [0.05, 0.1) is 19.2 Å². The summed E-state index contributed by atoms with van der Waals surface area (Å²) in [6, 6.07) is 7.49. The van der Waals surface area contributed by atoms with Gasteiger partial charge in [0, 0.05) is 25.2 Å². The Bertz CT molecular complexity index is 478. The SMILES string of the molecule is IC12C[C@@H](CO1)N(c1ccc3c(c1)CNC3)C2. The van der Waals surface area contributed by atoms with Gasteiger partial charge in [0.1, 0.15) is 3.61 Å².